The Morgan fingerprint density at radius 2 is 2.30 bits per heavy atom. The Morgan fingerprint density at radius 1 is 1.50 bits per heavy atom. The van der Waals surface area contributed by atoms with Crippen LogP contribution in [0.5, 0.6) is 5.75 Å². The number of aromatic nitrogens is 2. The van der Waals surface area contributed by atoms with Crippen molar-refractivity contribution < 1.29 is 14.2 Å². The van der Waals surface area contributed by atoms with Crippen LogP contribution in [-0.2, 0) is 6.54 Å². The Morgan fingerprint density at radius 3 is 2.90 bits per heavy atom. The lowest BCUT2D eigenvalue weighted by Gasteiger charge is -2.12. The van der Waals surface area contributed by atoms with Gasteiger partial charge < -0.3 is 14.6 Å². The van der Waals surface area contributed by atoms with Gasteiger partial charge in [-0.3, -0.25) is 10.1 Å². The monoisotopic (exact) mass is 278 g/mol. The van der Waals surface area contributed by atoms with E-state index in [0.29, 0.717) is 11.5 Å². The molecule has 8 heteroatoms. The highest BCUT2D eigenvalue weighted by atomic mass is 16.6. The van der Waals surface area contributed by atoms with E-state index >= 15 is 0 Å². The predicted octanol–water partition coefficient (Wildman–Crippen LogP) is 2.38. The lowest BCUT2D eigenvalue weighted by molar-refractivity contribution is -0.385. The molecule has 0 unspecified atom stereocenters. The van der Waals surface area contributed by atoms with Gasteiger partial charge in [0.05, 0.1) is 17.6 Å². The highest BCUT2D eigenvalue weighted by Crippen LogP contribution is 2.35. The first-order valence-electron chi connectivity index (χ1n) is 6.01. The van der Waals surface area contributed by atoms with Crippen LogP contribution in [0.4, 0.5) is 11.4 Å². The minimum absolute atomic E-state index is 0.107. The van der Waals surface area contributed by atoms with Gasteiger partial charge in [0.2, 0.25) is 6.39 Å². The normalized spacial score (nSPS) is 10.6. The second kappa shape index (κ2) is 6.00. The zero-order chi connectivity index (χ0) is 14.5. The molecule has 0 aliphatic heterocycles. The van der Waals surface area contributed by atoms with Crippen LogP contribution in [0.2, 0.25) is 0 Å². The maximum Gasteiger partial charge on any atom is 0.333 e. The number of benzene rings is 1. The van der Waals surface area contributed by atoms with Crippen LogP contribution in [0.15, 0.2) is 29.1 Å². The summed E-state index contributed by atoms with van der Waals surface area (Å²) >= 11 is 0. The molecule has 0 atom stereocenters. The van der Waals surface area contributed by atoms with Gasteiger partial charge in [-0.25, -0.2) is 0 Å². The Labute approximate surface area is 114 Å². The first kappa shape index (κ1) is 13.8. The van der Waals surface area contributed by atoms with E-state index in [4.69, 9.17) is 4.74 Å². The van der Waals surface area contributed by atoms with Crippen LogP contribution in [0.1, 0.15) is 19.7 Å². The number of nitro groups is 1. The highest BCUT2D eigenvalue weighted by Gasteiger charge is 2.21. The first-order valence-corrected chi connectivity index (χ1v) is 6.01. The number of rotatable bonds is 6. The summed E-state index contributed by atoms with van der Waals surface area (Å²) in [7, 11) is 0. The van der Waals surface area contributed by atoms with Crippen LogP contribution in [0.25, 0.3) is 0 Å². The molecule has 8 nitrogen and oxygen atoms in total. The number of hydrogen-bond acceptors (Lipinski definition) is 7. The molecular formula is C12H14N4O4. The number of para-hydroxylation sites is 1. The molecule has 1 aromatic heterocycles. The second-order valence-electron chi connectivity index (χ2n) is 4.28. The SMILES string of the molecule is CC(C)Oc1cccc(NCc2ncon2)c1[N+](=O)[O-]. The van der Waals surface area contributed by atoms with Crippen molar-refractivity contribution in [2.75, 3.05) is 5.32 Å². The van der Waals surface area contributed by atoms with E-state index in [-0.39, 0.29) is 24.1 Å². The molecule has 0 spiro atoms. The highest BCUT2D eigenvalue weighted by molar-refractivity contribution is 5.68. The number of ether oxygens (including phenoxy) is 1. The third-order valence-corrected chi connectivity index (χ3v) is 2.39. The number of anilines is 1. The molecule has 1 heterocycles. The molecule has 2 aromatic rings. The van der Waals surface area contributed by atoms with Crippen LogP contribution in [-0.4, -0.2) is 21.2 Å². The Hall–Kier alpha value is -2.64. The zero-order valence-electron chi connectivity index (χ0n) is 11.1. The lowest BCUT2D eigenvalue weighted by atomic mass is 10.2. The molecular weight excluding hydrogens is 264 g/mol. The van der Waals surface area contributed by atoms with Gasteiger partial charge in [-0.15, -0.1) is 0 Å². The molecule has 2 rings (SSSR count). The van der Waals surface area contributed by atoms with Crippen molar-refractivity contribution in [2.24, 2.45) is 0 Å². The second-order valence-corrected chi connectivity index (χ2v) is 4.28. The molecule has 0 saturated carbocycles. The predicted molar refractivity (Wildman–Crippen MR) is 70.5 cm³/mol. The summed E-state index contributed by atoms with van der Waals surface area (Å²) < 4.78 is 10.1. The fourth-order valence-electron chi connectivity index (χ4n) is 1.65. The number of nitrogens with zero attached hydrogens (tertiary/aromatic N) is 3. The summed E-state index contributed by atoms with van der Waals surface area (Å²) in [6.45, 7) is 3.84. The molecule has 0 aliphatic rings. The van der Waals surface area contributed by atoms with Crippen LogP contribution in [0.3, 0.4) is 0 Å². The summed E-state index contributed by atoms with van der Waals surface area (Å²) in [4.78, 5) is 14.6. The van der Waals surface area contributed by atoms with Gasteiger partial charge in [0.15, 0.2) is 11.6 Å². The van der Waals surface area contributed by atoms with Crippen molar-refractivity contribution in [1.29, 1.82) is 0 Å². The summed E-state index contributed by atoms with van der Waals surface area (Å²) in [6, 6.07) is 4.85. The largest absolute Gasteiger partial charge is 0.484 e. The van der Waals surface area contributed by atoms with E-state index in [1.807, 2.05) is 13.8 Å². The van der Waals surface area contributed by atoms with Gasteiger partial charge in [-0.2, -0.15) is 4.98 Å². The minimum atomic E-state index is -0.476. The third-order valence-electron chi connectivity index (χ3n) is 2.39. The fraction of sp³-hybridized carbons (Fsp3) is 0.333. The lowest BCUT2D eigenvalue weighted by Crippen LogP contribution is -2.09. The Balaban J connectivity index is 2.24. The molecule has 106 valence electrons. The number of nitrogens with one attached hydrogen (secondary N) is 1. The molecule has 1 aromatic carbocycles. The molecule has 0 fully saturated rings. The van der Waals surface area contributed by atoms with E-state index in [1.165, 1.54) is 6.39 Å². The third kappa shape index (κ3) is 3.22. The van der Waals surface area contributed by atoms with Crippen molar-refractivity contribution in [3.8, 4) is 5.75 Å². The van der Waals surface area contributed by atoms with Crippen molar-refractivity contribution >= 4 is 11.4 Å². The summed E-state index contributed by atoms with van der Waals surface area (Å²) in [5.74, 6) is 0.637. The number of hydrogen-bond donors (Lipinski definition) is 1. The van der Waals surface area contributed by atoms with E-state index in [2.05, 4.69) is 20.0 Å². The smallest absolute Gasteiger partial charge is 0.333 e. The van der Waals surface area contributed by atoms with Crippen LogP contribution >= 0.6 is 0 Å². The summed E-state index contributed by atoms with van der Waals surface area (Å²) in [5.41, 5.74) is 0.239. The average Bonchev–Trinajstić information content (AvgIpc) is 2.88. The summed E-state index contributed by atoms with van der Waals surface area (Å²) in [5, 5.41) is 17.8. The molecule has 0 radical (unpaired) electrons. The Bertz CT molecular complexity index is 583. The van der Waals surface area contributed by atoms with Crippen molar-refractivity contribution in [1.82, 2.24) is 10.1 Å². The number of nitro benzene ring substituents is 1. The van der Waals surface area contributed by atoms with Gasteiger partial charge in [0.1, 0.15) is 5.69 Å². The van der Waals surface area contributed by atoms with Gasteiger partial charge in [-0.05, 0) is 26.0 Å². The van der Waals surface area contributed by atoms with Gasteiger partial charge in [-0.1, -0.05) is 11.2 Å². The van der Waals surface area contributed by atoms with Crippen molar-refractivity contribution in [2.45, 2.75) is 26.5 Å². The quantitative estimate of drug-likeness (QED) is 0.639. The molecule has 20 heavy (non-hydrogen) atoms. The molecule has 1 N–H and O–H groups in total. The van der Waals surface area contributed by atoms with E-state index in [1.54, 1.807) is 18.2 Å². The van der Waals surface area contributed by atoms with Gasteiger partial charge in [0, 0.05) is 0 Å². The standard InChI is InChI=1S/C12H14N4O4/c1-8(2)20-10-5-3-4-9(12(10)16(17)18)13-6-11-14-7-19-15-11/h3-5,7-8,13H,6H2,1-2H3. The fourth-order valence-corrected chi connectivity index (χ4v) is 1.65. The maximum absolute atomic E-state index is 11.2. The molecule has 0 amide bonds. The van der Waals surface area contributed by atoms with Crippen LogP contribution in [0, 0.1) is 10.1 Å². The van der Waals surface area contributed by atoms with E-state index in [9.17, 15) is 10.1 Å². The van der Waals surface area contributed by atoms with Crippen molar-refractivity contribution in [3.05, 3.63) is 40.5 Å². The average molecular weight is 278 g/mol. The molecule has 0 bridgehead atoms. The molecule has 0 aliphatic carbocycles. The van der Waals surface area contributed by atoms with Crippen molar-refractivity contribution in [3.63, 3.8) is 0 Å². The van der Waals surface area contributed by atoms with Gasteiger partial charge in [0.25, 0.3) is 0 Å². The van der Waals surface area contributed by atoms with Gasteiger partial charge >= 0.3 is 5.69 Å². The molecule has 0 saturated heterocycles. The topological polar surface area (TPSA) is 103 Å². The minimum Gasteiger partial charge on any atom is -0.484 e. The maximum atomic E-state index is 11.2. The zero-order valence-corrected chi connectivity index (χ0v) is 11.1. The Kier molecular flexibility index (Phi) is 4.14. The summed E-state index contributed by atoms with van der Waals surface area (Å²) in [6.07, 6.45) is 1.05. The van der Waals surface area contributed by atoms with E-state index in [0.717, 1.165) is 0 Å². The van der Waals surface area contributed by atoms with Crippen LogP contribution < -0.4 is 10.1 Å². The van der Waals surface area contributed by atoms with E-state index < -0.39 is 4.92 Å². The first-order chi connectivity index (χ1) is 9.58.